The van der Waals surface area contributed by atoms with Crippen molar-refractivity contribution in [1.82, 2.24) is 15.1 Å². The zero-order chi connectivity index (χ0) is 20.3. The molecule has 3 rings (SSSR count). The Morgan fingerprint density at radius 2 is 2.00 bits per heavy atom. The number of carbonyl (C=O) groups is 3. The summed E-state index contributed by atoms with van der Waals surface area (Å²) in [5.74, 6) is -0.814. The molecule has 0 aliphatic carbocycles. The summed E-state index contributed by atoms with van der Waals surface area (Å²) < 4.78 is 5.52. The molecule has 0 saturated carbocycles. The lowest BCUT2D eigenvalue weighted by atomic mass is 9.97. The number of hydrogen-bond acceptors (Lipinski definition) is 7. The van der Waals surface area contributed by atoms with Crippen molar-refractivity contribution in [3.8, 4) is 0 Å². The lowest BCUT2D eigenvalue weighted by molar-refractivity contribution is -0.129. The molecule has 28 heavy (non-hydrogen) atoms. The molecular weight excluding hydrogens is 382 g/mol. The lowest BCUT2D eigenvalue weighted by Gasteiger charge is -2.24. The fourth-order valence-corrected chi connectivity index (χ4v) is 3.21. The zero-order valence-electron chi connectivity index (χ0n) is 15.6. The summed E-state index contributed by atoms with van der Waals surface area (Å²) in [7, 11) is 1.38. The van der Waals surface area contributed by atoms with E-state index in [1.165, 1.54) is 7.05 Å². The van der Waals surface area contributed by atoms with Gasteiger partial charge in [-0.2, -0.15) is 0 Å². The van der Waals surface area contributed by atoms with Gasteiger partial charge < -0.3 is 9.73 Å². The van der Waals surface area contributed by atoms with Crippen LogP contribution in [0.2, 0.25) is 0 Å². The summed E-state index contributed by atoms with van der Waals surface area (Å²) in [6.07, 6.45) is 0.148. The normalized spacial score (nSPS) is 16.9. The average molecular weight is 401 g/mol. The molecule has 1 unspecified atom stereocenters. The number of nitrogens with zero attached hydrogens (tertiary/aromatic N) is 4. The highest BCUT2D eigenvalue weighted by molar-refractivity contribution is 7.99. The van der Waals surface area contributed by atoms with Crippen LogP contribution in [0.3, 0.4) is 0 Å². The maximum atomic E-state index is 12.2. The van der Waals surface area contributed by atoms with E-state index in [4.69, 9.17) is 4.42 Å². The summed E-state index contributed by atoms with van der Waals surface area (Å²) in [5.41, 5.74) is 2.14. The molecule has 0 fully saturated rings. The van der Waals surface area contributed by atoms with Gasteiger partial charge in [0.2, 0.25) is 17.7 Å². The predicted molar refractivity (Wildman–Crippen MR) is 103 cm³/mol. The fraction of sp³-hybridized carbons (Fsp3) is 0.333. The maximum absolute atomic E-state index is 12.2. The minimum absolute atomic E-state index is 0.107. The third-order valence-corrected chi connectivity index (χ3v) is 5.08. The van der Waals surface area contributed by atoms with Crippen LogP contribution in [0.1, 0.15) is 18.4 Å². The maximum Gasteiger partial charge on any atom is 0.349 e. The number of carbonyl (C=O) groups excluding carboxylic acids is 3. The van der Waals surface area contributed by atoms with Gasteiger partial charge in [-0.05, 0) is 25.5 Å². The Hall–Kier alpha value is -3.01. The van der Waals surface area contributed by atoms with E-state index in [0.717, 1.165) is 27.9 Å². The van der Waals surface area contributed by atoms with Crippen LogP contribution < -0.4 is 5.32 Å². The second kappa shape index (κ2) is 8.34. The van der Waals surface area contributed by atoms with Gasteiger partial charge in [-0.15, -0.1) is 10.2 Å². The summed E-state index contributed by atoms with van der Waals surface area (Å²) in [6, 6.07) is 6.91. The van der Waals surface area contributed by atoms with E-state index in [2.05, 4.69) is 20.5 Å². The van der Waals surface area contributed by atoms with Crippen molar-refractivity contribution in [2.75, 3.05) is 18.1 Å². The van der Waals surface area contributed by atoms with E-state index in [9.17, 15) is 14.4 Å². The number of aliphatic imine (C=N–C) groups is 1. The molecule has 1 aliphatic rings. The van der Waals surface area contributed by atoms with Gasteiger partial charge in [0.25, 0.3) is 5.22 Å². The quantitative estimate of drug-likeness (QED) is 0.738. The number of imide groups is 1. The van der Waals surface area contributed by atoms with E-state index in [1.807, 2.05) is 31.2 Å². The molecule has 2 heterocycles. The van der Waals surface area contributed by atoms with Crippen LogP contribution in [0.15, 0.2) is 38.9 Å². The van der Waals surface area contributed by atoms with Crippen molar-refractivity contribution in [3.63, 3.8) is 0 Å². The number of hydrogen-bond donors (Lipinski definition) is 1. The number of rotatable bonds is 6. The SMILES string of the molecule is CC1=NC(=O)N(C)C(=O)C1Cc1nnc(SCC(=O)Nc2ccccc2C)o1. The first-order chi connectivity index (χ1) is 13.3. The number of para-hydroxylation sites is 1. The van der Waals surface area contributed by atoms with Gasteiger partial charge in [0, 0.05) is 24.9 Å². The Bertz CT molecular complexity index is 955. The number of nitrogens with one attached hydrogen (secondary N) is 1. The molecule has 10 heteroatoms. The number of amides is 4. The van der Waals surface area contributed by atoms with Gasteiger partial charge in [-0.25, -0.2) is 9.79 Å². The Labute approximate surface area is 165 Å². The number of aromatic nitrogens is 2. The van der Waals surface area contributed by atoms with Gasteiger partial charge in [0.15, 0.2) is 0 Å². The number of urea groups is 1. The Balaban J connectivity index is 1.56. The monoisotopic (exact) mass is 401 g/mol. The molecule has 0 radical (unpaired) electrons. The largest absolute Gasteiger partial charge is 0.416 e. The minimum Gasteiger partial charge on any atom is -0.416 e. The molecule has 1 atom stereocenters. The van der Waals surface area contributed by atoms with E-state index in [0.29, 0.717) is 5.71 Å². The highest BCUT2D eigenvalue weighted by Gasteiger charge is 2.34. The molecule has 1 aliphatic heterocycles. The van der Waals surface area contributed by atoms with Crippen molar-refractivity contribution in [1.29, 1.82) is 0 Å². The molecule has 1 aromatic carbocycles. The van der Waals surface area contributed by atoms with Crippen LogP contribution in [-0.2, 0) is 16.0 Å². The Morgan fingerprint density at radius 3 is 2.75 bits per heavy atom. The lowest BCUT2D eigenvalue weighted by Crippen LogP contribution is -2.44. The van der Waals surface area contributed by atoms with Crippen molar-refractivity contribution < 1.29 is 18.8 Å². The van der Waals surface area contributed by atoms with E-state index in [-0.39, 0.29) is 35.1 Å². The van der Waals surface area contributed by atoms with E-state index < -0.39 is 11.9 Å². The van der Waals surface area contributed by atoms with Gasteiger partial charge in [0.05, 0.1) is 11.7 Å². The van der Waals surface area contributed by atoms with Gasteiger partial charge in [-0.3, -0.25) is 14.5 Å². The molecule has 0 bridgehead atoms. The molecular formula is C18H19N5O4S. The third-order valence-electron chi connectivity index (χ3n) is 4.26. The summed E-state index contributed by atoms with van der Waals surface area (Å²) >= 11 is 1.11. The Morgan fingerprint density at radius 1 is 1.25 bits per heavy atom. The average Bonchev–Trinajstić information content (AvgIpc) is 3.11. The summed E-state index contributed by atoms with van der Waals surface area (Å²) in [4.78, 5) is 40.7. The molecule has 9 nitrogen and oxygen atoms in total. The topological polar surface area (TPSA) is 118 Å². The Kier molecular flexibility index (Phi) is 5.88. The molecule has 1 aromatic heterocycles. The fourth-order valence-electron chi connectivity index (χ4n) is 2.63. The molecule has 2 aromatic rings. The molecule has 0 saturated heterocycles. The minimum atomic E-state index is -0.620. The number of thioether (sulfide) groups is 1. The van der Waals surface area contributed by atoms with E-state index >= 15 is 0 Å². The number of aryl methyl sites for hydroxylation is 1. The highest BCUT2D eigenvalue weighted by Crippen LogP contribution is 2.21. The van der Waals surface area contributed by atoms with Crippen LogP contribution in [0.4, 0.5) is 10.5 Å². The predicted octanol–water partition coefficient (Wildman–Crippen LogP) is 2.32. The second-order valence-electron chi connectivity index (χ2n) is 6.30. The van der Waals surface area contributed by atoms with Crippen molar-refractivity contribution >= 4 is 41.0 Å². The summed E-state index contributed by atoms with van der Waals surface area (Å²) in [6.45, 7) is 3.53. The second-order valence-corrected chi connectivity index (χ2v) is 7.23. The van der Waals surface area contributed by atoms with Crippen LogP contribution >= 0.6 is 11.8 Å². The van der Waals surface area contributed by atoms with Gasteiger partial charge in [0.1, 0.15) is 0 Å². The van der Waals surface area contributed by atoms with Crippen molar-refractivity contribution in [2.24, 2.45) is 10.9 Å². The first-order valence-electron chi connectivity index (χ1n) is 8.52. The van der Waals surface area contributed by atoms with Crippen molar-refractivity contribution in [2.45, 2.75) is 25.5 Å². The standard InChI is InChI=1S/C18H19N5O4S/c1-10-6-4-5-7-13(10)20-14(24)9-28-18-22-21-15(27-18)8-12-11(2)19-17(26)23(3)16(12)25/h4-7,12H,8-9H2,1-3H3,(H,20,24). The molecule has 1 N–H and O–H groups in total. The zero-order valence-corrected chi connectivity index (χ0v) is 16.4. The smallest absolute Gasteiger partial charge is 0.349 e. The number of anilines is 1. The van der Waals surface area contributed by atoms with Gasteiger partial charge in [-0.1, -0.05) is 30.0 Å². The highest BCUT2D eigenvalue weighted by atomic mass is 32.2. The summed E-state index contributed by atoms with van der Waals surface area (Å²) in [5, 5.41) is 10.9. The van der Waals surface area contributed by atoms with Crippen molar-refractivity contribution in [3.05, 3.63) is 35.7 Å². The van der Waals surface area contributed by atoms with Crippen LogP contribution in [0, 0.1) is 12.8 Å². The van der Waals surface area contributed by atoms with E-state index in [1.54, 1.807) is 6.92 Å². The first-order valence-corrected chi connectivity index (χ1v) is 9.51. The number of benzene rings is 1. The molecule has 146 valence electrons. The van der Waals surface area contributed by atoms with Crippen LogP contribution in [0.5, 0.6) is 0 Å². The van der Waals surface area contributed by atoms with Crippen LogP contribution in [0.25, 0.3) is 0 Å². The third kappa shape index (κ3) is 4.45. The molecule has 0 spiro atoms. The molecule has 4 amide bonds. The van der Waals surface area contributed by atoms with Gasteiger partial charge >= 0.3 is 6.03 Å². The first kappa shape index (κ1) is 19.7. The van der Waals surface area contributed by atoms with Crippen LogP contribution in [-0.4, -0.2) is 51.5 Å².